The van der Waals surface area contributed by atoms with Crippen LogP contribution < -0.4 is 14.4 Å². The van der Waals surface area contributed by atoms with Crippen LogP contribution in [0.15, 0.2) is 57.8 Å². The number of carbonyl (C=O) groups is 2. The number of ether oxygens (including phenoxy) is 3. The maximum Gasteiger partial charge on any atom is 0.287 e. The number of nitrogens with one attached hydrogen (secondary N) is 1. The molecular weight excluding hydrogens is 650 g/mol. The predicted molar refractivity (Wildman–Crippen MR) is 186 cm³/mol. The van der Waals surface area contributed by atoms with Gasteiger partial charge in [-0.25, -0.2) is 4.21 Å². The maximum atomic E-state index is 14.9. The highest BCUT2D eigenvalue weighted by molar-refractivity contribution is 7.92. The number of amides is 2. The van der Waals surface area contributed by atoms with Crippen LogP contribution in [0.3, 0.4) is 0 Å². The van der Waals surface area contributed by atoms with Crippen molar-refractivity contribution in [3.05, 3.63) is 64.7 Å². The Kier molecular flexibility index (Phi) is 9.15. The van der Waals surface area contributed by atoms with Crippen LogP contribution >= 0.6 is 11.6 Å². The second-order valence-electron chi connectivity index (χ2n) is 14.7. The summed E-state index contributed by atoms with van der Waals surface area (Å²) in [5.74, 6) is 0.0368. The van der Waals surface area contributed by atoms with Crippen molar-refractivity contribution in [1.82, 2.24) is 4.72 Å². The molecule has 2 amide bonds. The Labute approximate surface area is 289 Å². The molecule has 2 saturated carbocycles. The Morgan fingerprint density at radius 2 is 1.96 bits per heavy atom. The fraction of sp³-hybridized carbons (Fsp3) is 0.568. The van der Waals surface area contributed by atoms with Gasteiger partial charge in [-0.1, -0.05) is 36.2 Å². The number of fused-ring (bicyclic) bond motifs is 4. The van der Waals surface area contributed by atoms with Crippen molar-refractivity contribution < 1.29 is 28.0 Å². The van der Waals surface area contributed by atoms with Gasteiger partial charge in [0.25, 0.3) is 5.91 Å². The number of halogens is 1. The second kappa shape index (κ2) is 13.1. The van der Waals surface area contributed by atoms with Crippen LogP contribution in [-0.4, -0.2) is 61.1 Å². The number of hydrogen-bond acceptors (Lipinski definition) is 7. The molecule has 2 aromatic rings. The Balaban J connectivity index is 1.36. The zero-order valence-corrected chi connectivity index (χ0v) is 29.6. The Morgan fingerprint density at radius 1 is 1.12 bits per heavy atom. The van der Waals surface area contributed by atoms with E-state index in [1.807, 2.05) is 30.4 Å². The molecule has 0 saturated heterocycles. The summed E-state index contributed by atoms with van der Waals surface area (Å²) in [6.45, 7) is 5.32. The monoisotopic (exact) mass is 695 g/mol. The van der Waals surface area contributed by atoms with Crippen molar-refractivity contribution in [3.63, 3.8) is 0 Å². The van der Waals surface area contributed by atoms with Gasteiger partial charge in [-0.2, -0.15) is 0 Å². The van der Waals surface area contributed by atoms with Crippen LogP contribution in [0.5, 0.6) is 5.75 Å². The SMILES string of the molecule is CO[C@H]1/C=C/COC(C)(C)C(=O)N=S(=O)(NC(=O)C2CCC2)c2ccc3c(c2)N(C[C@@H]2CC[C@H]21)C[C@@]1(CCCc2cc(Cl)ccc21)CO3. The molecule has 5 atom stereocenters. The summed E-state index contributed by atoms with van der Waals surface area (Å²) >= 11 is 6.46. The molecule has 11 heteroatoms. The molecule has 2 fully saturated rings. The fourth-order valence-corrected chi connectivity index (χ4v) is 9.84. The first-order valence-electron chi connectivity index (χ1n) is 17.3. The van der Waals surface area contributed by atoms with Crippen molar-refractivity contribution in [3.8, 4) is 5.75 Å². The maximum absolute atomic E-state index is 14.9. The van der Waals surface area contributed by atoms with Gasteiger partial charge in [0.1, 0.15) is 11.4 Å². The van der Waals surface area contributed by atoms with Crippen molar-refractivity contribution in [2.75, 3.05) is 38.3 Å². The van der Waals surface area contributed by atoms with Crippen molar-refractivity contribution in [2.24, 2.45) is 22.1 Å². The number of methoxy groups -OCH3 is 1. The van der Waals surface area contributed by atoms with Crippen LogP contribution in [0.1, 0.15) is 69.9 Å². The predicted octanol–water partition coefficient (Wildman–Crippen LogP) is 6.40. The van der Waals surface area contributed by atoms with Gasteiger partial charge in [-0.15, -0.1) is 4.36 Å². The van der Waals surface area contributed by atoms with Crippen LogP contribution in [0, 0.1) is 17.8 Å². The molecule has 1 unspecified atom stereocenters. The summed E-state index contributed by atoms with van der Waals surface area (Å²) < 4.78 is 40.5. The summed E-state index contributed by atoms with van der Waals surface area (Å²) in [6, 6.07) is 11.5. The Morgan fingerprint density at radius 3 is 2.69 bits per heavy atom. The van der Waals surface area contributed by atoms with E-state index in [4.69, 9.17) is 25.8 Å². The zero-order chi connectivity index (χ0) is 33.7. The van der Waals surface area contributed by atoms with Gasteiger partial charge in [-0.05, 0) is 112 Å². The van der Waals surface area contributed by atoms with E-state index in [0.717, 1.165) is 68.6 Å². The van der Waals surface area contributed by atoms with Gasteiger partial charge >= 0.3 is 0 Å². The molecule has 2 bridgehead atoms. The van der Waals surface area contributed by atoms with Gasteiger partial charge in [0.2, 0.25) is 5.91 Å². The number of rotatable bonds is 3. The van der Waals surface area contributed by atoms with E-state index in [2.05, 4.69) is 26.1 Å². The molecule has 2 aromatic carbocycles. The number of aryl methyl sites for hydroxylation is 1. The summed E-state index contributed by atoms with van der Waals surface area (Å²) in [6.07, 6.45) is 11.3. The van der Waals surface area contributed by atoms with Gasteiger partial charge < -0.3 is 19.1 Å². The molecule has 7 rings (SSSR count). The smallest absolute Gasteiger partial charge is 0.287 e. The lowest BCUT2D eigenvalue weighted by Gasteiger charge is -2.46. The average molecular weight is 696 g/mol. The third kappa shape index (κ3) is 6.30. The van der Waals surface area contributed by atoms with E-state index in [1.165, 1.54) is 11.1 Å². The molecule has 2 heterocycles. The van der Waals surface area contributed by atoms with Crippen molar-refractivity contribution >= 4 is 39.0 Å². The summed E-state index contributed by atoms with van der Waals surface area (Å²) in [5, 5.41) is 0.736. The van der Waals surface area contributed by atoms with E-state index in [0.29, 0.717) is 30.7 Å². The lowest BCUT2D eigenvalue weighted by molar-refractivity contribution is -0.137. The van der Waals surface area contributed by atoms with Gasteiger partial charge in [0.05, 0.1) is 29.9 Å². The van der Waals surface area contributed by atoms with Crippen LogP contribution in [0.25, 0.3) is 0 Å². The summed E-state index contributed by atoms with van der Waals surface area (Å²) in [4.78, 5) is 29.6. The number of nitrogens with zero attached hydrogens (tertiary/aromatic N) is 2. The normalized spacial score (nSPS) is 32.3. The molecular formula is C37H46ClN3O6S. The van der Waals surface area contributed by atoms with E-state index < -0.39 is 21.4 Å². The standard InChI is InChI=1S/C37H46ClN3O6S/c1-36(2)35(43)40-48(44,39-34(42)24-7-4-8-24)28-13-16-33-31(20-28)41(21-26-11-14-29(26)32(45-3)10-6-18-47-36)22-37(23-46-33)17-5-9-25-19-27(38)12-15-30(25)37/h6,10,12-13,15-16,19-20,24,26,29,32H,4-5,7-9,11,14,17-18,21-23H2,1-3H3,(H,39,40,42,43,44)/b10-6+/t26-,29+,32-,37-,48?/m0/s1. The molecule has 0 aromatic heterocycles. The van der Waals surface area contributed by atoms with E-state index >= 15 is 0 Å². The van der Waals surface area contributed by atoms with Crippen molar-refractivity contribution in [1.29, 1.82) is 0 Å². The van der Waals surface area contributed by atoms with E-state index in [9.17, 15) is 13.8 Å². The molecule has 1 spiro atoms. The van der Waals surface area contributed by atoms with Gasteiger partial charge in [0.15, 0.2) is 9.92 Å². The quantitative estimate of drug-likeness (QED) is 0.370. The minimum atomic E-state index is -3.72. The highest BCUT2D eigenvalue weighted by Gasteiger charge is 2.45. The average Bonchev–Trinajstić information content (AvgIpc) is 3.16. The Bertz CT molecular complexity index is 1750. The summed E-state index contributed by atoms with van der Waals surface area (Å²) in [5.41, 5.74) is 1.65. The third-order valence-corrected chi connectivity index (χ3v) is 13.3. The molecule has 48 heavy (non-hydrogen) atoms. The molecule has 2 aliphatic heterocycles. The third-order valence-electron chi connectivity index (χ3n) is 11.3. The second-order valence-corrected chi connectivity index (χ2v) is 17.0. The first-order chi connectivity index (χ1) is 23.0. The number of carbonyl (C=O) groups excluding carboxylic acids is 2. The fourth-order valence-electron chi connectivity index (χ4n) is 7.96. The van der Waals surface area contributed by atoms with Gasteiger partial charge in [0, 0.05) is 36.6 Å². The lowest BCUT2D eigenvalue weighted by Crippen LogP contribution is -2.49. The minimum Gasteiger partial charge on any atom is -0.490 e. The minimum absolute atomic E-state index is 0.0928. The molecule has 1 N–H and O–H groups in total. The van der Waals surface area contributed by atoms with Crippen LogP contribution in [0.4, 0.5) is 5.69 Å². The number of anilines is 1. The largest absolute Gasteiger partial charge is 0.490 e. The van der Waals surface area contributed by atoms with Gasteiger partial charge in [-0.3, -0.25) is 14.3 Å². The van der Waals surface area contributed by atoms with Crippen molar-refractivity contribution in [2.45, 2.75) is 87.2 Å². The number of benzene rings is 2. The first kappa shape index (κ1) is 33.6. The molecule has 0 radical (unpaired) electrons. The molecule has 9 nitrogen and oxygen atoms in total. The molecule has 258 valence electrons. The molecule has 5 aliphatic rings. The van der Waals surface area contributed by atoms with E-state index in [-0.39, 0.29) is 34.8 Å². The lowest BCUT2D eigenvalue weighted by atomic mass is 9.68. The van der Waals surface area contributed by atoms with Crippen LogP contribution in [-0.2, 0) is 40.8 Å². The molecule has 3 aliphatic carbocycles. The highest BCUT2D eigenvalue weighted by atomic mass is 35.5. The van der Waals surface area contributed by atoms with Crippen LogP contribution in [0.2, 0.25) is 5.02 Å². The number of hydrogen-bond donors (Lipinski definition) is 1. The summed E-state index contributed by atoms with van der Waals surface area (Å²) in [7, 11) is -1.98. The highest BCUT2D eigenvalue weighted by Crippen LogP contribution is 2.47. The Hall–Kier alpha value is -2.92. The topological polar surface area (TPSA) is 107 Å². The zero-order valence-electron chi connectivity index (χ0n) is 28.0. The first-order valence-corrected chi connectivity index (χ1v) is 19.2. The van der Waals surface area contributed by atoms with E-state index in [1.54, 1.807) is 27.0 Å².